The van der Waals surface area contributed by atoms with Gasteiger partial charge in [-0.2, -0.15) is 0 Å². The molecule has 0 bridgehead atoms. The van der Waals surface area contributed by atoms with Crippen molar-refractivity contribution in [2.75, 3.05) is 0 Å². The molecule has 0 aliphatic carbocycles. The first-order valence-electron chi connectivity index (χ1n) is 35.9. The van der Waals surface area contributed by atoms with Gasteiger partial charge in [-0.3, -0.25) is 9.13 Å². The fraction of sp³-hybridized carbons (Fsp3) is 0. The Balaban J connectivity index is 0.680. The lowest BCUT2D eigenvalue weighted by atomic mass is 9.96. The molecular formula is C96H54N8O2. The third-order valence-electron chi connectivity index (χ3n) is 22.3. The van der Waals surface area contributed by atoms with Gasteiger partial charge in [0.05, 0.1) is 82.9 Å². The van der Waals surface area contributed by atoms with Crippen LogP contribution in [0.4, 0.5) is 0 Å². The minimum atomic E-state index is 0.588. The summed E-state index contributed by atoms with van der Waals surface area (Å²) in [6.45, 7) is 0. The van der Waals surface area contributed by atoms with Gasteiger partial charge in [0.2, 0.25) is 11.9 Å². The molecule has 24 rings (SSSR count). The molecule has 0 radical (unpaired) electrons. The predicted octanol–water partition coefficient (Wildman–Crippen LogP) is 24.8. The Morgan fingerprint density at radius 2 is 0.585 bits per heavy atom. The standard InChI is InChI=1S/C96H54N8O2/c1-3-20-64(21-4-1)101-78-29-13-11-25-67(78)69-47-58(33-40-80(69)101)62-37-44-84-73(51-62)74-52-63(38-45-85(74)104(84)96-98-77-28-16-32-87-92(77)94(100-96)90-66-24-10-9-17-55(66)39-46-88(90)105-87)61-35-42-82-72(50-61)71-49-60(34-41-81(71)102(82)65-22-5-2-6-23-65)59-36-43-83-70(48-59)68-26-12-14-30-79(68)103(83)95-97-76-27-15-31-86-91(76)93(99-95)75-53-56-18-7-8-19-57(56)54-89(75)106-86/h1-54H. The summed E-state index contributed by atoms with van der Waals surface area (Å²) in [4.78, 5) is 22.0. The quantitative estimate of drug-likeness (QED) is 0.158. The van der Waals surface area contributed by atoms with E-state index >= 15 is 0 Å². The van der Waals surface area contributed by atoms with Gasteiger partial charge in [0.25, 0.3) is 0 Å². The Morgan fingerprint density at radius 3 is 1.08 bits per heavy atom. The lowest BCUT2D eigenvalue weighted by Gasteiger charge is -2.22. The van der Waals surface area contributed by atoms with E-state index in [1.165, 1.54) is 16.3 Å². The van der Waals surface area contributed by atoms with Crippen molar-refractivity contribution < 1.29 is 9.47 Å². The summed E-state index contributed by atoms with van der Waals surface area (Å²) in [5.74, 6) is 4.27. The van der Waals surface area contributed by atoms with Crippen LogP contribution in [0.5, 0.6) is 23.0 Å². The molecule has 10 nitrogen and oxygen atoms in total. The highest BCUT2D eigenvalue weighted by Gasteiger charge is 2.30. The van der Waals surface area contributed by atoms with Gasteiger partial charge in [0, 0.05) is 60.0 Å². The van der Waals surface area contributed by atoms with Gasteiger partial charge in [-0.1, -0.05) is 176 Å². The van der Waals surface area contributed by atoms with Gasteiger partial charge in [-0.15, -0.1) is 0 Å². The molecule has 8 heterocycles. The molecule has 0 fully saturated rings. The van der Waals surface area contributed by atoms with Crippen LogP contribution in [0.2, 0.25) is 0 Å². The highest BCUT2D eigenvalue weighted by molar-refractivity contribution is 6.18. The molecule has 0 saturated heterocycles. The average molecular weight is 1350 g/mol. The van der Waals surface area contributed by atoms with E-state index in [1.807, 2.05) is 24.3 Å². The van der Waals surface area contributed by atoms with Crippen molar-refractivity contribution in [1.29, 1.82) is 0 Å². The van der Waals surface area contributed by atoms with E-state index in [0.717, 1.165) is 205 Å². The molecule has 490 valence electrons. The first-order valence-corrected chi connectivity index (χ1v) is 35.9. The van der Waals surface area contributed by atoms with Gasteiger partial charge < -0.3 is 18.6 Å². The maximum atomic E-state index is 6.69. The van der Waals surface area contributed by atoms with E-state index in [9.17, 15) is 0 Å². The SMILES string of the molecule is c1ccc(-n2c3ccccc3c3cc(-c4ccc5c(c4)c4cc(-c6ccc7c(c6)c6cc(-c8ccc9c(c8)c8ccccc8n9-c8nc9c%10c(cccc%10n8)Oc8cc%10ccccc%10cc8-9)ccc6n7-c6ccccc6)ccc4n5-c4nc5c6c(cccc6n4)Oc4ccc6ccccc6c4-5)ccc32)cc1. The number of hydrogen-bond acceptors (Lipinski definition) is 6. The van der Waals surface area contributed by atoms with Crippen molar-refractivity contribution in [2.24, 2.45) is 0 Å². The number of nitrogens with zero attached hydrogens (tertiary/aromatic N) is 8. The summed E-state index contributed by atoms with van der Waals surface area (Å²) >= 11 is 0. The first-order chi connectivity index (χ1) is 52.5. The van der Waals surface area contributed by atoms with E-state index in [-0.39, 0.29) is 0 Å². The zero-order chi connectivity index (χ0) is 69.0. The Morgan fingerprint density at radius 1 is 0.217 bits per heavy atom. The molecule has 2 aliphatic rings. The summed E-state index contributed by atoms with van der Waals surface area (Å²) in [5.41, 5.74) is 22.8. The van der Waals surface area contributed by atoms with E-state index in [0.29, 0.717) is 11.9 Å². The van der Waals surface area contributed by atoms with Crippen LogP contribution < -0.4 is 9.47 Å². The maximum Gasteiger partial charge on any atom is 0.235 e. The maximum absolute atomic E-state index is 6.69. The lowest BCUT2D eigenvalue weighted by Crippen LogP contribution is -2.07. The van der Waals surface area contributed by atoms with Gasteiger partial charge in [-0.25, -0.2) is 19.9 Å². The molecule has 106 heavy (non-hydrogen) atoms. The van der Waals surface area contributed by atoms with Crippen molar-refractivity contribution in [2.45, 2.75) is 0 Å². The van der Waals surface area contributed by atoms with Gasteiger partial charge in [0.15, 0.2) is 0 Å². The number of benzene rings is 16. The summed E-state index contributed by atoms with van der Waals surface area (Å²) in [6, 6.07) is 118. The molecule has 0 unspecified atom stereocenters. The van der Waals surface area contributed by atoms with Crippen LogP contribution in [0, 0.1) is 0 Å². The summed E-state index contributed by atoms with van der Waals surface area (Å²) in [6.07, 6.45) is 0. The third kappa shape index (κ3) is 8.20. The smallest absolute Gasteiger partial charge is 0.235 e. The number of rotatable bonds is 7. The molecule has 0 saturated carbocycles. The van der Waals surface area contributed by atoms with Crippen molar-refractivity contribution >= 4 is 131 Å². The van der Waals surface area contributed by atoms with Gasteiger partial charge >= 0.3 is 0 Å². The van der Waals surface area contributed by atoms with Crippen molar-refractivity contribution in [3.8, 4) is 102 Å². The molecule has 0 amide bonds. The largest absolute Gasteiger partial charge is 0.456 e. The van der Waals surface area contributed by atoms with E-state index < -0.39 is 0 Å². The van der Waals surface area contributed by atoms with E-state index in [2.05, 4.69) is 322 Å². The highest BCUT2D eigenvalue weighted by Crippen LogP contribution is 2.51. The molecular weight excluding hydrogens is 1300 g/mol. The van der Waals surface area contributed by atoms with Crippen LogP contribution in [0.1, 0.15) is 0 Å². The summed E-state index contributed by atoms with van der Waals surface area (Å²) < 4.78 is 22.6. The molecule has 0 spiro atoms. The molecule has 22 aromatic rings. The second-order valence-corrected chi connectivity index (χ2v) is 28.0. The first kappa shape index (κ1) is 57.2. The monoisotopic (exact) mass is 1350 g/mol. The normalized spacial score (nSPS) is 12.5. The fourth-order valence-corrected chi connectivity index (χ4v) is 17.5. The molecule has 0 N–H and O–H groups in total. The molecule has 0 atom stereocenters. The Bertz CT molecular complexity index is 7650. The van der Waals surface area contributed by atoms with Crippen molar-refractivity contribution in [3.05, 3.63) is 328 Å². The molecule has 16 aromatic carbocycles. The predicted molar refractivity (Wildman–Crippen MR) is 432 cm³/mol. The molecule has 6 aromatic heterocycles. The van der Waals surface area contributed by atoms with Crippen LogP contribution in [0.25, 0.3) is 210 Å². The lowest BCUT2D eigenvalue weighted by molar-refractivity contribution is 0.486. The summed E-state index contributed by atoms with van der Waals surface area (Å²) in [5, 5.41) is 15.4. The molecule has 10 heteroatoms. The van der Waals surface area contributed by atoms with Crippen LogP contribution >= 0.6 is 0 Å². The fourth-order valence-electron chi connectivity index (χ4n) is 17.5. The summed E-state index contributed by atoms with van der Waals surface area (Å²) in [7, 11) is 0. The van der Waals surface area contributed by atoms with Crippen LogP contribution in [0.15, 0.2) is 328 Å². The third-order valence-corrected chi connectivity index (χ3v) is 22.3. The Hall–Kier alpha value is -14.5. The van der Waals surface area contributed by atoms with E-state index in [4.69, 9.17) is 29.4 Å². The topological polar surface area (TPSA) is 89.7 Å². The minimum absolute atomic E-state index is 0.588. The molecule has 2 aliphatic heterocycles. The second-order valence-electron chi connectivity index (χ2n) is 28.0. The van der Waals surface area contributed by atoms with Crippen LogP contribution in [-0.4, -0.2) is 38.2 Å². The average Bonchev–Trinajstić information content (AvgIpc) is 1.07. The van der Waals surface area contributed by atoms with Gasteiger partial charge in [-0.05, 0) is 207 Å². The second kappa shape index (κ2) is 21.5. The van der Waals surface area contributed by atoms with Crippen LogP contribution in [0.3, 0.4) is 0 Å². The number of ether oxygens (including phenoxy) is 2. The van der Waals surface area contributed by atoms with Crippen molar-refractivity contribution in [1.82, 2.24) is 38.2 Å². The Labute approximate surface area is 604 Å². The zero-order valence-corrected chi connectivity index (χ0v) is 56.6. The minimum Gasteiger partial charge on any atom is -0.456 e. The number of para-hydroxylation sites is 4. The van der Waals surface area contributed by atoms with Gasteiger partial charge in [0.1, 0.15) is 23.0 Å². The number of hydrogen-bond donors (Lipinski definition) is 0. The Kier molecular flexibility index (Phi) is 11.6. The zero-order valence-electron chi connectivity index (χ0n) is 56.6. The number of fused-ring (bicyclic) bond motifs is 19. The van der Waals surface area contributed by atoms with Crippen LogP contribution in [-0.2, 0) is 0 Å². The van der Waals surface area contributed by atoms with E-state index in [1.54, 1.807) is 0 Å². The van der Waals surface area contributed by atoms with Crippen molar-refractivity contribution in [3.63, 3.8) is 0 Å². The number of aromatic nitrogens is 8. The highest BCUT2D eigenvalue weighted by atomic mass is 16.5.